The van der Waals surface area contributed by atoms with Crippen LogP contribution in [0.2, 0.25) is 0 Å². The van der Waals surface area contributed by atoms with Crippen LogP contribution in [-0.2, 0) is 4.79 Å². The predicted octanol–water partition coefficient (Wildman–Crippen LogP) is 4.34. The van der Waals surface area contributed by atoms with Crippen molar-refractivity contribution >= 4 is 28.9 Å². The molecule has 0 saturated heterocycles. The summed E-state index contributed by atoms with van der Waals surface area (Å²) in [5, 5.41) is 13.0. The molecular weight excluding hydrogens is 424 g/mol. The third-order valence-corrected chi connectivity index (χ3v) is 6.06. The van der Waals surface area contributed by atoms with Gasteiger partial charge in [-0.2, -0.15) is 4.98 Å². The Morgan fingerprint density at radius 3 is 2.81 bits per heavy atom. The van der Waals surface area contributed by atoms with Gasteiger partial charge in [-0.15, -0.1) is 16.4 Å². The molecule has 1 amide bonds. The number of rotatable bonds is 5. The Hall–Kier alpha value is -3.98. The van der Waals surface area contributed by atoms with Crippen molar-refractivity contribution in [3.8, 4) is 16.5 Å². The maximum absolute atomic E-state index is 13.5. The minimum Gasteiger partial charge on any atom is -0.495 e. The van der Waals surface area contributed by atoms with Crippen molar-refractivity contribution in [2.45, 2.75) is 13.0 Å². The van der Waals surface area contributed by atoms with Gasteiger partial charge in [0.15, 0.2) is 5.82 Å². The lowest BCUT2D eigenvalue weighted by Crippen LogP contribution is -2.31. The molecule has 0 spiro atoms. The molecule has 0 unspecified atom stereocenters. The number of hydrogen-bond acceptors (Lipinski definition) is 7. The molecular formula is C23H20N6O2S. The highest BCUT2D eigenvalue weighted by molar-refractivity contribution is 7.13. The molecule has 32 heavy (non-hydrogen) atoms. The fourth-order valence-electron chi connectivity index (χ4n) is 3.74. The Bertz CT molecular complexity index is 1300. The predicted molar refractivity (Wildman–Crippen MR) is 124 cm³/mol. The van der Waals surface area contributed by atoms with Crippen molar-refractivity contribution < 1.29 is 9.53 Å². The van der Waals surface area contributed by atoms with E-state index in [9.17, 15) is 4.79 Å². The van der Waals surface area contributed by atoms with Crippen LogP contribution in [0.15, 0.2) is 77.6 Å². The lowest BCUT2D eigenvalue weighted by atomic mass is 9.96. The quantitative estimate of drug-likeness (QED) is 0.476. The van der Waals surface area contributed by atoms with E-state index in [1.807, 2.05) is 48.7 Å². The van der Waals surface area contributed by atoms with Crippen LogP contribution in [0, 0.1) is 0 Å². The molecule has 9 heteroatoms. The molecule has 0 aliphatic carbocycles. The molecule has 1 atom stereocenters. The molecule has 8 nitrogen and oxygen atoms in total. The van der Waals surface area contributed by atoms with E-state index in [0.717, 1.165) is 10.4 Å². The Morgan fingerprint density at radius 1 is 1.19 bits per heavy atom. The smallest absolute Gasteiger partial charge is 0.255 e. The minimum atomic E-state index is -0.490. The van der Waals surface area contributed by atoms with Gasteiger partial charge in [0.05, 0.1) is 23.2 Å². The molecule has 1 aromatic carbocycles. The summed E-state index contributed by atoms with van der Waals surface area (Å²) in [7, 11) is 1.57. The highest BCUT2D eigenvalue weighted by Gasteiger charge is 2.35. The molecule has 160 valence electrons. The Morgan fingerprint density at radius 2 is 2.06 bits per heavy atom. The molecule has 3 aromatic heterocycles. The van der Waals surface area contributed by atoms with Crippen LogP contribution in [0.25, 0.3) is 10.7 Å². The average Bonchev–Trinajstić information content (AvgIpc) is 3.49. The summed E-state index contributed by atoms with van der Waals surface area (Å²) in [6, 6.07) is 14.5. The summed E-state index contributed by atoms with van der Waals surface area (Å²) in [5.41, 5.74) is 2.65. The van der Waals surface area contributed by atoms with E-state index in [2.05, 4.69) is 20.6 Å². The van der Waals surface area contributed by atoms with Crippen LogP contribution < -0.4 is 15.4 Å². The normalized spacial score (nSPS) is 15.1. The molecule has 0 radical (unpaired) electrons. The van der Waals surface area contributed by atoms with Crippen molar-refractivity contribution in [2.24, 2.45) is 0 Å². The zero-order valence-electron chi connectivity index (χ0n) is 17.4. The van der Waals surface area contributed by atoms with Crippen molar-refractivity contribution in [3.63, 3.8) is 0 Å². The number of benzene rings is 1. The van der Waals surface area contributed by atoms with Crippen LogP contribution in [0.5, 0.6) is 5.75 Å². The first-order chi connectivity index (χ1) is 15.7. The highest BCUT2D eigenvalue weighted by Crippen LogP contribution is 2.37. The number of pyridine rings is 1. The number of carbonyl (C=O) groups excluding carboxylic acids is 1. The van der Waals surface area contributed by atoms with Gasteiger partial charge in [0.25, 0.3) is 5.91 Å². The Labute approximate surface area is 188 Å². The van der Waals surface area contributed by atoms with Crippen molar-refractivity contribution in [1.29, 1.82) is 0 Å². The van der Waals surface area contributed by atoms with Crippen LogP contribution in [0.1, 0.15) is 18.5 Å². The molecule has 5 rings (SSSR count). The van der Waals surface area contributed by atoms with Gasteiger partial charge in [-0.05, 0) is 42.1 Å². The maximum atomic E-state index is 13.5. The molecule has 1 aliphatic heterocycles. The third-order valence-electron chi connectivity index (χ3n) is 5.19. The van der Waals surface area contributed by atoms with E-state index in [1.54, 1.807) is 47.7 Å². The SMILES string of the molecule is COc1ccccc1NC(=O)C1=C(C)Nc2nc(-c3cccs3)nn2[C@H]1c1cccnc1. The number of allylic oxidation sites excluding steroid dienone is 1. The number of hydrogen-bond donors (Lipinski definition) is 2. The molecule has 1 aliphatic rings. The molecule has 0 fully saturated rings. The number of thiophene rings is 1. The number of amides is 1. The lowest BCUT2D eigenvalue weighted by Gasteiger charge is -2.28. The maximum Gasteiger partial charge on any atom is 0.255 e. The van der Waals surface area contributed by atoms with Gasteiger partial charge < -0.3 is 15.4 Å². The van der Waals surface area contributed by atoms with Crippen LogP contribution >= 0.6 is 11.3 Å². The summed E-state index contributed by atoms with van der Waals surface area (Å²) >= 11 is 1.57. The van der Waals surface area contributed by atoms with Gasteiger partial charge in [0.2, 0.25) is 5.95 Å². The first-order valence-corrected chi connectivity index (χ1v) is 10.9. The number of anilines is 2. The number of carbonyl (C=O) groups is 1. The Kier molecular flexibility index (Phi) is 5.16. The molecule has 4 heterocycles. The third kappa shape index (κ3) is 3.52. The van der Waals surface area contributed by atoms with Crippen molar-refractivity contribution in [2.75, 3.05) is 17.7 Å². The van der Waals surface area contributed by atoms with Gasteiger partial charge in [0.1, 0.15) is 11.8 Å². The standard InChI is InChI=1S/C23H20N6O2S/c1-14-19(22(30)26-16-8-3-4-9-17(16)31-2)20(15-7-5-11-24-13-15)29-23(25-14)27-21(28-29)18-10-6-12-32-18/h3-13,20H,1-2H3,(H,26,30)(H,25,27,28)/t20-/m0/s1. The number of nitrogens with zero attached hydrogens (tertiary/aromatic N) is 4. The molecule has 0 saturated carbocycles. The van der Waals surface area contributed by atoms with Gasteiger partial charge >= 0.3 is 0 Å². The zero-order chi connectivity index (χ0) is 22.1. The van der Waals surface area contributed by atoms with E-state index in [-0.39, 0.29) is 5.91 Å². The first-order valence-electron chi connectivity index (χ1n) is 9.98. The second-order valence-electron chi connectivity index (χ2n) is 7.19. The number of ether oxygens (including phenoxy) is 1. The van der Waals surface area contributed by atoms with Crippen LogP contribution in [0.3, 0.4) is 0 Å². The molecule has 0 bridgehead atoms. The zero-order valence-corrected chi connectivity index (χ0v) is 18.3. The summed E-state index contributed by atoms with van der Waals surface area (Å²) in [6.45, 7) is 1.86. The van der Waals surface area contributed by atoms with E-state index < -0.39 is 6.04 Å². The summed E-state index contributed by atoms with van der Waals surface area (Å²) in [6.07, 6.45) is 3.45. The highest BCUT2D eigenvalue weighted by atomic mass is 32.1. The number of fused-ring (bicyclic) bond motifs is 1. The van der Waals surface area contributed by atoms with Crippen LogP contribution in [0.4, 0.5) is 11.6 Å². The monoisotopic (exact) mass is 444 g/mol. The van der Waals surface area contributed by atoms with Gasteiger partial charge in [0, 0.05) is 18.1 Å². The van der Waals surface area contributed by atoms with Crippen molar-refractivity contribution in [1.82, 2.24) is 19.7 Å². The number of aromatic nitrogens is 4. The fourth-order valence-corrected chi connectivity index (χ4v) is 4.39. The van der Waals surface area contributed by atoms with E-state index in [0.29, 0.717) is 34.5 Å². The topological polar surface area (TPSA) is 94.0 Å². The fraction of sp³-hybridized carbons (Fsp3) is 0.130. The van der Waals surface area contributed by atoms with Gasteiger partial charge in [-0.3, -0.25) is 9.78 Å². The summed E-state index contributed by atoms with van der Waals surface area (Å²) in [4.78, 5) is 23.4. The Balaban J connectivity index is 1.59. The summed E-state index contributed by atoms with van der Waals surface area (Å²) < 4.78 is 7.14. The second kappa shape index (κ2) is 8.27. The second-order valence-corrected chi connectivity index (χ2v) is 8.14. The van der Waals surface area contributed by atoms with Gasteiger partial charge in [-0.25, -0.2) is 4.68 Å². The lowest BCUT2D eigenvalue weighted by molar-refractivity contribution is -0.113. The van der Waals surface area contributed by atoms with Crippen molar-refractivity contribution in [3.05, 3.63) is 83.1 Å². The van der Waals surface area contributed by atoms with Crippen LogP contribution in [-0.4, -0.2) is 32.8 Å². The first kappa shape index (κ1) is 20.0. The minimum absolute atomic E-state index is 0.257. The van der Waals surface area contributed by atoms with E-state index >= 15 is 0 Å². The number of nitrogens with one attached hydrogen (secondary N) is 2. The van der Waals surface area contributed by atoms with Gasteiger partial charge in [-0.1, -0.05) is 24.3 Å². The average molecular weight is 445 g/mol. The van der Waals surface area contributed by atoms with E-state index in [4.69, 9.17) is 9.84 Å². The molecule has 2 N–H and O–H groups in total. The number of methoxy groups -OCH3 is 1. The summed E-state index contributed by atoms with van der Waals surface area (Å²) in [5.74, 6) is 1.51. The van der Waals surface area contributed by atoms with E-state index in [1.165, 1.54) is 0 Å². The largest absolute Gasteiger partial charge is 0.495 e. The number of para-hydroxylation sites is 2. The molecule has 4 aromatic rings.